The molecule has 1 aliphatic carbocycles. The van der Waals surface area contributed by atoms with Gasteiger partial charge in [-0.1, -0.05) is 19.4 Å². The van der Waals surface area contributed by atoms with Gasteiger partial charge >= 0.3 is 0 Å². The minimum absolute atomic E-state index is 0.182. The SMILES string of the molecule is CCCCS(=O)(=O)N[C@H]1CCCc2c1cnn2-c1ccccn1. The quantitative estimate of drug-likeness (QED) is 0.880. The van der Waals surface area contributed by atoms with E-state index >= 15 is 0 Å². The van der Waals surface area contributed by atoms with Crippen LogP contribution in [0.5, 0.6) is 0 Å². The highest BCUT2D eigenvalue weighted by Gasteiger charge is 2.28. The highest BCUT2D eigenvalue weighted by atomic mass is 32.2. The Bertz CT molecular complexity index is 756. The summed E-state index contributed by atoms with van der Waals surface area (Å²) in [5.74, 6) is 0.951. The zero-order valence-corrected chi connectivity index (χ0v) is 14.1. The van der Waals surface area contributed by atoms with Gasteiger partial charge in [0, 0.05) is 11.8 Å². The molecule has 2 aromatic rings. The molecule has 0 aromatic carbocycles. The van der Waals surface area contributed by atoms with Crippen molar-refractivity contribution in [3.8, 4) is 5.82 Å². The maximum Gasteiger partial charge on any atom is 0.212 e. The minimum atomic E-state index is -3.24. The largest absolute Gasteiger partial charge is 0.237 e. The van der Waals surface area contributed by atoms with E-state index in [0.717, 1.165) is 42.8 Å². The highest BCUT2D eigenvalue weighted by molar-refractivity contribution is 7.89. The first-order chi connectivity index (χ1) is 11.1. The summed E-state index contributed by atoms with van der Waals surface area (Å²) in [5.41, 5.74) is 2.03. The standard InChI is InChI=1S/C16H22N4O2S/c1-2-3-11-23(21,22)19-14-7-6-8-15-13(14)12-18-20(15)16-9-4-5-10-17-16/h4-5,9-10,12,14,19H,2-3,6-8,11H2,1H3/t14-/m0/s1. The van der Waals surface area contributed by atoms with Crippen LogP contribution in [0.1, 0.15) is 49.9 Å². The summed E-state index contributed by atoms with van der Waals surface area (Å²) in [6, 6.07) is 5.51. The Balaban J connectivity index is 1.85. The van der Waals surface area contributed by atoms with E-state index in [4.69, 9.17) is 0 Å². The van der Waals surface area contributed by atoms with Gasteiger partial charge in [-0.05, 0) is 37.8 Å². The fraction of sp³-hybridized carbons (Fsp3) is 0.500. The maximum absolute atomic E-state index is 12.2. The van der Waals surface area contributed by atoms with Crippen molar-refractivity contribution in [2.24, 2.45) is 0 Å². The molecule has 0 saturated heterocycles. The van der Waals surface area contributed by atoms with Gasteiger partial charge in [-0.15, -0.1) is 0 Å². The molecule has 3 rings (SSSR count). The number of rotatable bonds is 6. The lowest BCUT2D eigenvalue weighted by molar-refractivity contribution is 0.500. The molecule has 124 valence electrons. The summed E-state index contributed by atoms with van der Waals surface area (Å²) in [6.45, 7) is 1.99. The molecule has 0 unspecified atom stereocenters. The van der Waals surface area contributed by atoms with Gasteiger partial charge in [-0.3, -0.25) is 0 Å². The zero-order chi connectivity index (χ0) is 16.3. The molecule has 1 aliphatic rings. The number of nitrogens with one attached hydrogen (secondary N) is 1. The lowest BCUT2D eigenvalue weighted by atomic mass is 9.94. The lowest BCUT2D eigenvalue weighted by Crippen LogP contribution is -2.32. The van der Waals surface area contributed by atoms with Crippen LogP contribution < -0.4 is 4.72 Å². The zero-order valence-electron chi connectivity index (χ0n) is 13.3. The van der Waals surface area contributed by atoms with E-state index in [1.807, 2.05) is 29.8 Å². The highest BCUT2D eigenvalue weighted by Crippen LogP contribution is 2.31. The number of hydrogen-bond donors (Lipinski definition) is 1. The first kappa shape index (κ1) is 16.1. The van der Waals surface area contributed by atoms with Gasteiger partial charge in [-0.25, -0.2) is 22.8 Å². The Kier molecular flexibility index (Phi) is 4.77. The van der Waals surface area contributed by atoms with Crippen LogP contribution in [0.4, 0.5) is 0 Å². The number of fused-ring (bicyclic) bond motifs is 1. The lowest BCUT2D eigenvalue weighted by Gasteiger charge is -2.24. The van der Waals surface area contributed by atoms with Crippen molar-refractivity contribution in [3.63, 3.8) is 0 Å². The predicted molar refractivity (Wildman–Crippen MR) is 88.9 cm³/mol. The van der Waals surface area contributed by atoms with E-state index in [1.165, 1.54) is 0 Å². The van der Waals surface area contributed by atoms with Gasteiger partial charge in [0.15, 0.2) is 5.82 Å². The third kappa shape index (κ3) is 3.61. The Morgan fingerprint density at radius 2 is 2.26 bits per heavy atom. The number of nitrogens with zero attached hydrogens (tertiary/aromatic N) is 3. The molecular weight excluding hydrogens is 312 g/mol. The summed E-state index contributed by atoms with van der Waals surface area (Å²) >= 11 is 0. The van der Waals surface area contributed by atoms with Crippen LogP contribution in [0.3, 0.4) is 0 Å². The van der Waals surface area contributed by atoms with E-state index in [9.17, 15) is 8.42 Å². The smallest absolute Gasteiger partial charge is 0.212 e. The molecule has 0 aliphatic heterocycles. The molecule has 0 radical (unpaired) electrons. The number of hydrogen-bond acceptors (Lipinski definition) is 4. The first-order valence-corrected chi connectivity index (χ1v) is 9.74. The van der Waals surface area contributed by atoms with E-state index < -0.39 is 10.0 Å². The Morgan fingerprint density at radius 1 is 1.39 bits per heavy atom. The van der Waals surface area contributed by atoms with Crippen LogP contribution in [0, 0.1) is 0 Å². The van der Waals surface area contributed by atoms with Gasteiger partial charge < -0.3 is 0 Å². The number of aromatic nitrogens is 3. The molecule has 0 fully saturated rings. The normalized spacial score (nSPS) is 17.9. The monoisotopic (exact) mass is 334 g/mol. The average molecular weight is 334 g/mol. The second-order valence-corrected chi connectivity index (χ2v) is 7.75. The van der Waals surface area contributed by atoms with Crippen molar-refractivity contribution in [2.75, 3.05) is 5.75 Å². The molecule has 1 N–H and O–H groups in total. The van der Waals surface area contributed by atoms with Crippen molar-refractivity contribution in [3.05, 3.63) is 41.9 Å². The van der Waals surface area contributed by atoms with Crippen LogP contribution in [0.2, 0.25) is 0 Å². The molecule has 0 bridgehead atoms. The van der Waals surface area contributed by atoms with Gasteiger partial charge in [0.2, 0.25) is 10.0 Å². The second-order valence-electron chi connectivity index (χ2n) is 5.88. The second kappa shape index (κ2) is 6.80. The fourth-order valence-corrected chi connectivity index (χ4v) is 4.43. The number of unbranched alkanes of at least 4 members (excludes halogenated alkanes) is 1. The summed E-state index contributed by atoms with van der Waals surface area (Å²) in [4.78, 5) is 4.33. The van der Waals surface area contributed by atoms with E-state index in [1.54, 1.807) is 12.4 Å². The molecule has 23 heavy (non-hydrogen) atoms. The first-order valence-electron chi connectivity index (χ1n) is 8.09. The fourth-order valence-electron chi connectivity index (χ4n) is 2.97. The topological polar surface area (TPSA) is 76.9 Å². The Labute approximate surface area is 137 Å². The van der Waals surface area contributed by atoms with Crippen molar-refractivity contribution in [2.45, 2.75) is 45.1 Å². The summed E-state index contributed by atoms with van der Waals surface area (Å²) in [6.07, 6.45) is 7.70. The minimum Gasteiger partial charge on any atom is -0.237 e. The van der Waals surface area contributed by atoms with Gasteiger partial charge in [0.25, 0.3) is 0 Å². The molecule has 1 atom stereocenters. The average Bonchev–Trinajstić information content (AvgIpc) is 2.99. The molecule has 0 amide bonds. The van der Waals surface area contributed by atoms with Gasteiger partial charge in [0.1, 0.15) is 0 Å². The Morgan fingerprint density at radius 3 is 3.00 bits per heavy atom. The van der Waals surface area contributed by atoms with E-state index in [-0.39, 0.29) is 11.8 Å². The molecule has 2 aromatic heterocycles. The number of pyridine rings is 1. The summed E-state index contributed by atoms with van der Waals surface area (Å²) < 4.78 is 29.1. The molecular formula is C16H22N4O2S. The van der Waals surface area contributed by atoms with Crippen LogP contribution in [0.15, 0.2) is 30.6 Å². The van der Waals surface area contributed by atoms with E-state index in [2.05, 4.69) is 14.8 Å². The van der Waals surface area contributed by atoms with Crippen LogP contribution >= 0.6 is 0 Å². The van der Waals surface area contributed by atoms with Crippen molar-refractivity contribution >= 4 is 10.0 Å². The number of sulfonamides is 1. The molecule has 0 spiro atoms. The van der Waals surface area contributed by atoms with Crippen LogP contribution in [-0.2, 0) is 16.4 Å². The molecule has 7 heteroatoms. The van der Waals surface area contributed by atoms with Gasteiger partial charge in [0.05, 0.1) is 23.7 Å². The molecule has 2 heterocycles. The third-order valence-corrected chi connectivity index (χ3v) is 5.61. The molecule has 0 saturated carbocycles. The maximum atomic E-state index is 12.2. The third-order valence-electron chi connectivity index (χ3n) is 4.14. The van der Waals surface area contributed by atoms with Crippen molar-refractivity contribution in [1.82, 2.24) is 19.5 Å². The van der Waals surface area contributed by atoms with Crippen LogP contribution in [0.25, 0.3) is 5.82 Å². The van der Waals surface area contributed by atoms with Crippen molar-refractivity contribution in [1.29, 1.82) is 0 Å². The Hall–Kier alpha value is -1.73. The summed E-state index contributed by atoms with van der Waals surface area (Å²) in [5, 5.41) is 4.43. The van der Waals surface area contributed by atoms with Crippen LogP contribution in [-0.4, -0.2) is 28.9 Å². The van der Waals surface area contributed by atoms with E-state index in [0.29, 0.717) is 6.42 Å². The molecule has 6 nitrogen and oxygen atoms in total. The van der Waals surface area contributed by atoms with Crippen molar-refractivity contribution < 1.29 is 8.42 Å². The van der Waals surface area contributed by atoms with Gasteiger partial charge in [-0.2, -0.15) is 5.10 Å². The predicted octanol–water partition coefficient (Wildman–Crippen LogP) is 2.36. The summed E-state index contributed by atoms with van der Waals surface area (Å²) in [7, 11) is -3.24.